The van der Waals surface area contributed by atoms with Crippen molar-refractivity contribution in [3.63, 3.8) is 0 Å². The van der Waals surface area contributed by atoms with Crippen LogP contribution in [0.15, 0.2) is 30.3 Å². The van der Waals surface area contributed by atoms with Crippen molar-refractivity contribution in [1.29, 1.82) is 5.26 Å². The molecule has 4 nitrogen and oxygen atoms in total. The fraction of sp³-hybridized carbons (Fsp3) is 0.312. The fourth-order valence-electron chi connectivity index (χ4n) is 2.22. The van der Waals surface area contributed by atoms with Crippen molar-refractivity contribution in [3.8, 4) is 6.07 Å². The third-order valence-electron chi connectivity index (χ3n) is 3.19. The first-order valence-corrected chi connectivity index (χ1v) is 6.54. The lowest BCUT2D eigenvalue weighted by Crippen LogP contribution is -2.30. The minimum absolute atomic E-state index is 0.0752. The number of aryl methyl sites for hydroxylation is 1. The number of amides is 1. The Kier molecular flexibility index (Phi) is 3.99. The Hall–Kier alpha value is -2.41. The molecule has 2 rings (SSSR count). The van der Waals surface area contributed by atoms with Gasteiger partial charge in [0.15, 0.2) is 0 Å². The molecular formula is C16H17N3O. The molecule has 0 spiro atoms. The highest BCUT2D eigenvalue weighted by Gasteiger charge is 2.17. The van der Waals surface area contributed by atoms with Crippen molar-refractivity contribution >= 4 is 16.8 Å². The van der Waals surface area contributed by atoms with Gasteiger partial charge in [-0.05, 0) is 26.0 Å². The molecule has 1 atom stereocenters. The molecule has 0 N–H and O–H groups in total. The molecule has 4 heteroatoms. The molecule has 0 aliphatic rings. The van der Waals surface area contributed by atoms with Crippen molar-refractivity contribution in [2.45, 2.75) is 13.8 Å². The van der Waals surface area contributed by atoms with Gasteiger partial charge in [-0.3, -0.25) is 9.78 Å². The van der Waals surface area contributed by atoms with Gasteiger partial charge >= 0.3 is 0 Å². The molecule has 1 heterocycles. The lowest BCUT2D eigenvalue weighted by Gasteiger charge is -2.19. The molecule has 0 radical (unpaired) electrons. The SMILES string of the molecule is Cc1cc(C(=O)N(C)CC(C)C#N)c2ccccc2n1. The minimum Gasteiger partial charge on any atom is -0.340 e. The molecular weight excluding hydrogens is 250 g/mol. The first-order chi connectivity index (χ1) is 9.52. The molecule has 102 valence electrons. The Morgan fingerprint density at radius 3 is 2.85 bits per heavy atom. The number of nitriles is 1. The second-order valence-electron chi connectivity index (χ2n) is 5.04. The molecule has 0 aliphatic carbocycles. The highest BCUT2D eigenvalue weighted by molar-refractivity contribution is 6.06. The lowest BCUT2D eigenvalue weighted by atomic mass is 10.1. The summed E-state index contributed by atoms with van der Waals surface area (Å²) in [4.78, 5) is 18.6. The first-order valence-electron chi connectivity index (χ1n) is 6.54. The van der Waals surface area contributed by atoms with Crippen molar-refractivity contribution in [3.05, 3.63) is 41.6 Å². The van der Waals surface area contributed by atoms with Crippen molar-refractivity contribution in [2.24, 2.45) is 5.92 Å². The Labute approximate surface area is 118 Å². The van der Waals surface area contributed by atoms with Crippen LogP contribution < -0.4 is 0 Å². The average Bonchev–Trinajstić information content (AvgIpc) is 2.45. The number of rotatable bonds is 3. The van der Waals surface area contributed by atoms with Gasteiger partial charge in [0.1, 0.15) is 0 Å². The van der Waals surface area contributed by atoms with Crippen molar-refractivity contribution < 1.29 is 4.79 Å². The zero-order chi connectivity index (χ0) is 14.7. The number of aromatic nitrogens is 1. The van der Waals surface area contributed by atoms with Gasteiger partial charge in [-0.1, -0.05) is 18.2 Å². The second-order valence-corrected chi connectivity index (χ2v) is 5.04. The van der Waals surface area contributed by atoms with Gasteiger partial charge in [-0.2, -0.15) is 5.26 Å². The van der Waals surface area contributed by atoms with Crippen LogP contribution in [0.25, 0.3) is 10.9 Å². The Morgan fingerprint density at radius 1 is 1.45 bits per heavy atom. The van der Waals surface area contributed by atoms with E-state index in [2.05, 4.69) is 11.1 Å². The van der Waals surface area contributed by atoms with E-state index < -0.39 is 0 Å². The quantitative estimate of drug-likeness (QED) is 0.859. The van der Waals surface area contributed by atoms with E-state index >= 15 is 0 Å². The highest BCUT2D eigenvalue weighted by Crippen LogP contribution is 2.19. The normalized spacial score (nSPS) is 11.9. The van der Waals surface area contributed by atoms with Crippen LogP contribution in [0.3, 0.4) is 0 Å². The largest absolute Gasteiger partial charge is 0.340 e. The summed E-state index contributed by atoms with van der Waals surface area (Å²) in [5.41, 5.74) is 2.27. The van der Waals surface area contributed by atoms with Crippen LogP contribution in [0, 0.1) is 24.2 Å². The number of hydrogen-bond donors (Lipinski definition) is 0. The number of para-hydroxylation sites is 1. The monoisotopic (exact) mass is 267 g/mol. The molecule has 20 heavy (non-hydrogen) atoms. The number of hydrogen-bond acceptors (Lipinski definition) is 3. The van der Waals surface area contributed by atoms with E-state index in [9.17, 15) is 4.79 Å². The summed E-state index contributed by atoms with van der Waals surface area (Å²) in [5.74, 6) is -0.257. The van der Waals surface area contributed by atoms with E-state index in [4.69, 9.17) is 5.26 Å². The fourth-order valence-corrected chi connectivity index (χ4v) is 2.22. The number of fused-ring (bicyclic) bond motifs is 1. The van der Waals surface area contributed by atoms with Crippen LogP contribution >= 0.6 is 0 Å². The third-order valence-corrected chi connectivity index (χ3v) is 3.19. The standard InChI is InChI=1S/C16H17N3O/c1-11(9-17)10-19(3)16(20)14-8-12(2)18-15-7-5-4-6-13(14)15/h4-8,11H,10H2,1-3H3. The molecule has 0 aliphatic heterocycles. The topological polar surface area (TPSA) is 57.0 Å². The van der Waals surface area contributed by atoms with Crippen molar-refractivity contribution in [1.82, 2.24) is 9.88 Å². The van der Waals surface area contributed by atoms with Crippen LogP contribution in [0.1, 0.15) is 23.0 Å². The Morgan fingerprint density at radius 2 is 2.15 bits per heavy atom. The van der Waals surface area contributed by atoms with Gasteiger partial charge < -0.3 is 4.90 Å². The van der Waals surface area contributed by atoms with Crippen LogP contribution in [0.4, 0.5) is 0 Å². The summed E-state index contributed by atoms with van der Waals surface area (Å²) >= 11 is 0. The summed E-state index contributed by atoms with van der Waals surface area (Å²) in [6, 6.07) is 11.6. The van der Waals surface area contributed by atoms with Gasteiger partial charge in [-0.25, -0.2) is 0 Å². The number of carbonyl (C=O) groups excluding carboxylic acids is 1. The zero-order valence-electron chi connectivity index (χ0n) is 11.9. The Bertz CT molecular complexity index is 688. The molecule has 1 aromatic heterocycles. The highest BCUT2D eigenvalue weighted by atomic mass is 16.2. The summed E-state index contributed by atoms with van der Waals surface area (Å²) < 4.78 is 0. The number of nitrogens with zero attached hydrogens (tertiary/aromatic N) is 3. The van der Waals surface area contributed by atoms with Gasteiger partial charge in [0.2, 0.25) is 0 Å². The van der Waals surface area contributed by atoms with Crippen LogP contribution in [-0.2, 0) is 0 Å². The molecule has 1 aromatic carbocycles. The molecule has 0 saturated heterocycles. The second kappa shape index (κ2) is 5.70. The first kappa shape index (κ1) is 14.0. The van der Waals surface area contributed by atoms with E-state index in [1.54, 1.807) is 24.9 Å². The lowest BCUT2D eigenvalue weighted by molar-refractivity contribution is 0.0787. The maximum Gasteiger partial charge on any atom is 0.254 e. The minimum atomic E-state index is -0.182. The van der Waals surface area contributed by atoms with E-state index in [0.29, 0.717) is 12.1 Å². The van der Waals surface area contributed by atoms with Gasteiger partial charge in [0.05, 0.1) is 23.1 Å². The van der Waals surface area contributed by atoms with E-state index in [-0.39, 0.29) is 11.8 Å². The van der Waals surface area contributed by atoms with Crippen LogP contribution in [-0.4, -0.2) is 29.4 Å². The maximum atomic E-state index is 12.6. The Balaban J connectivity index is 2.42. The van der Waals surface area contributed by atoms with E-state index in [0.717, 1.165) is 16.6 Å². The van der Waals surface area contributed by atoms with Gasteiger partial charge in [0.25, 0.3) is 5.91 Å². The summed E-state index contributed by atoms with van der Waals surface area (Å²) in [6.45, 7) is 4.10. The maximum absolute atomic E-state index is 12.6. The van der Waals surface area contributed by atoms with E-state index in [1.807, 2.05) is 31.2 Å². The average molecular weight is 267 g/mol. The van der Waals surface area contributed by atoms with Gasteiger partial charge in [-0.15, -0.1) is 0 Å². The number of pyridine rings is 1. The van der Waals surface area contributed by atoms with Crippen LogP contribution in [0.2, 0.25) is 0 Å². The molecule has 2 aromatic rings. The molecule has 0 fully saturated rings. The van der Waals surface area contributed by atoms with Gasteiger partial charge in [0, 0.05) is 24.7 Å². The number of carbonyl (C=O) groups is 1. The summed E-state index contributed by atoms with van der Waals surface area (Å²) in [5, 5.41) is 9.70. The van der Waals surface area contributed by atoms with Crippen LogP contribution in [0.5, 0.6) is 0 Å². The molecule has 1 unspecified atom stereocenters. The zero-order valence-corrected chi connectivity index (χ0v) is 11.9. The molecule has 0 bridgehead atoms. The predicted molar refractivity (Wildman–Crippen MR) is 78.2 cm³/mol. The van der Waals surface area contributed by atoms with E-state index in [1.165, 1.54) is 0 Å². The third kappa shape index (κ3) is 2.77. The van der Waals surface area contributed by atoms with Crippen molar-refractivity contribution in [2.75, 3.05) is 13.6 Å². The number of benzene rings is 1. The summed E-state index contributed by atoms with van der Waals surface area (Å²) in [7, 11) is 1.72. The molecule has 1 amide bonds. The smallest absolute Gasteiger partial charge is 0.254 e. The predicted octanol–water partition coefficient (Wildman–Crippen LogP) is 2.77. The molecule has 0 saturated carbocycles. The summed E-state index contributed by atoms with van der Waals surface area (Å²) in [6.07, 6.45) is 0.